The fraction of sp³-hybridized carbons (Fsp3) is 0.583. The number of hydrogen-bond donors (Lipinski definition) is 1. The molecule has 1 amide bonds. The highest BCUT2D eigenvalue weighted by Gasteiger charge is 2.35. The van der Waals surface area contributed by atoms with Crippen molar-refractivity contribution in [3.05, 3.63) is 28.3 Å². The second-order valence-corrected chi connectivity index (χ2v) is 10.8. The minimum atomic E-state index is -0.260. The number of carbonyl (C=O) groups is 1. The SMILES string of the molecule is Cc1cc2c(cc1N(C)CCN1CCCC1)OCCN2c1nc2c(s1)C(=O)NC(C)(C)C2. The number of thiazole rings is 1. The Hall–Kier alpha value is -2.32. The highest BCUT2D eigenvalue weighted by atomic mass is 32.1. The van der Waals surface area contributed by atoms with Crippen molar-refractivity contribution in [3.63, 3.8) is 0 Å². The molecule has 0 atom stereocenters. The summed E-state index contributed by atoms with van der Waals surface area (Å²) in [7, 11) is 2.17. The molecule has 0 radical (unpaired) electrons. The molecule has 4 heterocycles. The number of fused-ring (bicyclic) bond motifs is 2. The smallest absolute Gasteiger partial charge is 0.263 e. The number of hydrogen-bond acceptors (Lipinski definition) is 7. The Balaban J connectivity index is 1.40. The van der Waals surface area contributed by atoms with Crippen LogP contribution >= 0.6 is 11.3 Å². The van der Waals surface area contributed by atoms with Crippen molar-refractivity contribution in [2.45, 2.75) is 45.6 Å². The molecule has 3 aliphatic heterocycles. The Morgan fingerprint density at radius 3 is 2.81 bits per heavy atom. The quantitative estimate of drug-likeness (QED) is 0.744. The van der Waals surface area contributed by atoms with Crippen molar-refractivity contribution < 1.29 is 9.53 Å². The highest BCUT2D eigenvalue weighted by molar-refractivity contribution is 7.17. The lowest BCUT2D eigenvalue weighted by Crippen LogP contribution is -2.48. The number of likely N-dealkylation sites (tertiary alicyclic amines) is 1. The first kappa shape index (κ1) is 21.5. The Kier molecular flexibility index (Phi) is 5.53. The van der Waals surface area contributed by atoms with E-state index in [4.69, 9.17) is 9.72 Å². The van der Waals surface area contributed by atoms with Gasteiger partial charge in [0, 0.05) is 43.9 Å². The normalized spacial score (nSPS) is 19.9. The van der Waals surface area contributed by atoms with Gasteiger partial charge in [-0.15, -0.1) is 0 Å². The molecule has 5 rings (SSSR count). The zero-order valence-electron chi connectivity index (χ0n) is 19.5. The number of nitrogens with zero attached hydrogens (tertiary/aromatic N) is 4. The molecule has 7 nitrogen and oxygen atoms in total. The van der Waals surface area contributed by atoms with Crippen molar-refractivity contribution in [1.82, 2.24) is 15.2 Å². The Morgan fingerprint density at radius 2 is 2.03 bits per heavy atom. The molecule has 2 aromatic rings. The van der Waals surface area contributed by atoms with Crippen molar-refractivity contribution in [3.8, 4) is 5.75 Å². The second kappa shape index (κ2) is 8.23. The Labute approximate surface area is 194 Å². The maximum atomic E-state index is 12.6. The number of aryl methyl sites for hydroxylation is 1. The number of nitrogens with one attached hydrogen (secondary N) is 1. The molecule has 1 fully saturated rings. The molecule has 1 aromatic heterocycles. The van der Waals surface area contributed by atoms with Crippen LogP contribution < -0.4 is 19.9 Å². The molecule has 3 aliphatic rings. The summed E-state index contributed by atoms with van der Waals surface area (Å²) in [6.45, 7) is 12.1. The lowest BCUT2D eigenvalue weighted by molar-refractivity contribution is 0.0901. The first-order valence-corrected chi connectivity index (χ1v) is 12.4. The van der Waals surface area contributed by atoms with Crippen molar-refractivity contribution in [1.29, 1.82) is 0 Å². The van der Waals surface area contributed by atoms with E-state index in [-0.39, 0.29) is 11.4 Å². The Morgan fingerprint density at radius 1 is 1.25 bits per heavy atom. The van der Waals surface area contributed by atoms with E-state index in [0.29, 0.717) is 6.61 Å². The summed E-state index contributed by atoms with van der Waals surface area (Å²) in [4.78, 5) is 25.3. The zero-order chi connectivity index (χ0) is 22.5. The van der Waals surface area contributed by atoms with E-state index in [2.05, 4.69) is 46.1 Å². The van der Waals surface area contributed by atoms with Crippen molar-refractivity contribution >= 4 is 33.8 Å². The number of anilines is 3. The van der Waals surface area contributed by atoms with Crippen molar-refractivity contribution in [2.75, 3.05) is 56.2 Å². The van der Waals surface area contributed by atoms with Crippen LogP contribution in [-0.2, 0) is 6.42 Å². The molecule has 0 bridgehead atoms. The van der Waals surface area contributed by atoms with Gasteiger partial charge in [0.1, 0.15) is 17.2 Å². The van der Waals surface area contributed by atoms with Gasteiger partial charge in [-0.05, 0) is 58.3 Å². The maximum absolute atomic E-state index is 12.6. The summed E-state index contributed by atoms with van der Waals surface area (Å²) >= 11 is 1.48. The molecule has 0 aliphatic carbocycles. The van der Waals surface area contributed by atoms with E-state index in [1.165, 1.54) is 48.5 Å². The molecule has 0 spiro atoms. The summed E-state index contributed by atoms with van der Waals surface area (Å²) < 4.78 is 6.07. The minimum absolute atomic E-state index is 0.0142. The van der Waals surface area contributed by atoms with Gasteiger partial charge in [0.15, 0.2) is 5.13 Å². The van der Waals surface area contributed by atoms with E-state index < -0.39 is 0 Å². The molecule has 0 unspecified atom stereocenters. The third-order valence-electron chi connectivity index (χ3n) is 6.69. The average Bonchev–Trinajstić information content (AvgIpc) is 3.40. The topological polar surface area (TPSA) is 60.9 Å². The van der Waals surface area contributed by atoms with Crippen LogP contribution in [-0.4, -0.2) is 67.7 Å². The largest absolute Gasteiger partial charge is 0.489 e. The number of carbonyl (C=O) groups excluding carboxylic acids is 1. The molecule has 8 heteroatoms. The zero-order valence-corrected chi connectivity index (χ0v) is 20.3. The average molecular weight is 456 g/mol. The molecular weight excluding hydrogens is 422 g/mol. The third kappa shape index (κ3) is 4.06. The molecule has 1 aromatic carbocycles. The molecule has 1 N–H and O–H groups in total. The first-order valence-electron chi connectivity index (χ1n) is 11.6. The lowest BCUT2D eigenvalue weighted by atomic mass is 9.94. The number of likely N-dealkylation sites (N-methyl/N-ethyl adjacent to an activating group) is 1. The molecule has 0 saturated carbocycles. The molecule has 172 valence electrons. The van der Waals surface area contributed by atoms with Crippen LogP contribution in [0.5, 0.6) is 5.75 Å². The van der Waals surface area contributed by atoms with Gasteiger partial charge in [0.05, 0.1) is 17.9 Å². The van der Waals surface area contributed by atoms with Gasteiger partial charge >= 0.3 is 0 Å². The second-order valence-electron chi connectivity index (χ2n) is 9.86. The molecule has 1 saturated heterocycles. The number of rotatable bonds is 5. The third-order valence-corrected chi connectivity index (χ3v) is 7.81. The van der Waals surface area contributed by atoms with E-state index in [1.807, 2.05) is 13.8 Å². The lowest BCUT2D eigenvalue weighted by Gasteiger charge is -2.32. The predicted octanol–water partition coefficient (Wildman–Crippen LogP) is 3.58. The molecule has 32 heavy (non-hydrogen) atoms. The summed E-state index contributed by atoms with van der Waals surface area (Å²) in [6.07, 6.45) is 3.40. The predicted molar refractivity (Wildman–Crippen MR) is 130 cm³/mol. The van der Waals surface area contributed by atoms with E-state index in [9.17, 15) is 4.79 Å². The number of amides is 1. The van der Waals surface area contributed by atoms with E-state index >= 15 is 0 Å². The van der Waals surface area contributed by atoms with Crippen LogP contribution in [0.15, 0.2) is 12.1 Å². The maximum Gasteiger partial charge on any atom is 0.263 e. The highest BCUT2D eigenvalue weighted by Crippen LogP contribution is 2.43. The number of aromatic nitrogens is 1. The summed E-state index contributed by atoms with van der Waals surface area (Å²) in [5.41, 5.74) is 4.12. The van der Waals surface area contributed by atoms with Crippen LogP contribution in [0.4, 0.5) is 16.5 Å². The van der Waals surface area contributed by atoms with Crippen LogP contribution in [0.25, 0.3) is 0 Å². The Bertz CT molecular complexity index is 1030. The van der Waals surface area contributed by atoms with Gasteiger partial charge in [-0.25, -0.2) is 4.98 Å². The van der Waals surface area contributed by atoms with Crippen LogP contribution in [0.1, 0.15) is 47.6 Å². The van der Waals surface area contributed by atoms with Gasteiger partial charge in [-0.2, -0.15) is 0 Å². The summed E-state index contributed by atoms with van der Waals surface area (Å²) in [6, 6.07) is 4.38. The molecular formula is C24H33N5O2S. The standard InChI is InChI=1S/C24H33N5O2S/c1-16-13-19-20(14-18(16)27(4)9-10-28-7-5-6-8-28)31-12-11-29(19)23-25-17-15-24(2,3)26-22(30)21(17)32-23/h13-14H,5-12,15H2,1-4H3,(H,26,30). The van der Waals surface area contributed by atoms with Gasteiger partial charge < -0.3 is 24.8 Å². The van der Waals surface area contributed by atoms with Gasteiger partial charge in [-0.1, -0.05) is 11.3 Å². The fourth-order valence-electron chi connectivity index (χ4n) is 4.96. The minimum Gasteiger partial charge on any atom is -0.489 e. The monoisotopic (exact) mass is 455 g/mol. The van der Waals surface area contributed by atoms with Gasteiger partial charge in [0.2, 0.25) is 0 Å². The van der Waals surface area contributed by atoms with Crippen molar-refractivity contribution in [2.24, 2.45) is 0 Å². The first-order chi connectivity index (χ1) is 15.3. The van der Waals surface area contributed by atoms with Crippen LogP contribution in [0.2, 0.25) is 0 Å². The van der Waals surface area contributed by atoms with Crippen LogP contribution in [0, 0.1) is 6.92 Å². The summed E-state index contributed by atoms with van der Waals surface area (Å²) in [5.74, 6) is 0.877. The van der Waals surface area contributed by atoms with Gasteiger partial charge in [0.25, 0.3) is 5.91 Å². The van der Waals surface area contributed by atoms with E-state index in [0.717, 1.165) is 53.2 Å². The summed E-state index contributed by atoms with van der Waals surface area (Å²) in [5, 5.41) is 3.96. The number of benzene rings is 1. The van der Waals surface area contributed by atoms with Gasteiger partial charge in [-0.3, -0.25) is 4.79 Å². The number of ether oxygens (including phenoxy) is 1. The van der Waals surface area contributed by atoms with E-state index in [1.54, 1.807) is 0 Å². The van der Waals surface area contributed by atoms with Crippen LogP contribution in [0.3, 0.4) is 0 Å². The fourth-order valence-corrected chi connectivity index (χ4v) is 5.98.